The molecule has 1 N–H and O–H groups in total. The number of rotatable bonds is 5. The number of nitro benzene ring substituents is 1. The lowest BCUT2D eigenvalue weighted by Crippen LogP contribution is -2.16. The molecule has 0 aliphatic rings. The van der Waals surface area contributed by atoms with Crippen LogP contribution in [0.1, 0.15) is 5.56 Å². The van der Waals surface area contributed by atoms with Gasteiger partial charge in [0.2, 0.25) is 0 Å². The highest BCUT2D eigenvalue weighted by Crippen LogP contribution is 2.34. The number of esters is 1. The van der Waals surface area contributed by atoms with Gasteiger partial charge in [-0.15, -0.1) is 0 Å². The minimum Gasteiger partial charge on any atom is -0.493 e. The third-order valence-electron chi connectivity index (χ3n) is 2.31. The molecule has 0 aliphatic heterocycles. The molecule has 0 unspecified atom stereocenters. The Balaban J connectivity index is 3.12. The number of hydrogen-bond donors (Lipinski definition) is 1. The van der Waals surface area contributed by atoms with Crippen LogP contribution >= 0.6 is 0 Å². The first-order chi connectivity index (χ1) is 9.40. The molecule has 108 valence electrons. The van der Waals surface area contributed by atoms with Crippen LogP contribution in [0.3, 0.4) is 0 Å². The van der Waals surface area contributed by atoms with Crippen molar-refractivity contribution in [2.45, 2.75) is 6.61 Å². The molecule has 0 atom stereocenters. The summed E-state index contributed by atoms with van der Waals surface area (Å²) in [7, 11) is 2.64. The number of benzene rings is 1. The van der Waals surface area contributed by atoms with Crippen molar-refractivity contribution in [3.05, 3.63) is 27.8 Å². The van der Waals surface area contributed by atoms with Crippen LogP contribution in [-0.4, -0.2) is 36.2 Å². The molecule has 0 saturated carbocycles. The van der Waals surface area contributed by atoms with E-state index in [1.807, 2.05) is 0 Å². The number of carbonyl (C=O) groups is 2. The zero-order valence-corrected chi connectivity index (χ0v) is 10.6. The smallest absolute Gasteiger partial charge is 0.417 e. The molecule has 0 spiro atoms. The van der Waals surface area contributed by atoms with E-state index in [2.05, 4.69) is 4.74 Å². The Hall–Kier alpha value is -2.84. The van der Waals surface area contributed by atoms with Crippen LogP contribution in [0.2, 0.25) is 0 Å². The molecule has 9 heteroatoms. The molecule has 20 heavy (non-hydrogen) atoms. The number of methoxy groups -OCH3 is 2. The van der Waals surface area contributed by atoms with Gasteiger partial charge in [-0.25, -0.2) is 9.59 Å². The molecule has 0 heterocycles. The Morgan fingerprint density at radius 3 is 2.25 bits per heavy atom. The molecule has 1 aromatic carbocycles. The maximum absolute atomic E-state index is 10.9. The fraction of sp³-hybridized carbons (Fsp3) is 0.273. The van der Waals surface area contributed by atoms with Gasteiger partial charge < -0.3 is 19.3 Å². The fourth-order valence-electron chi connectivity index (χ4n) is 1.40. The number of nitro groups is 1. The van der Waals surface area contributed by atoms with E-state index < -0.39 is 23.5 Å². The van der Waals surface area contributed by atoms with Gasteiger partial charge in [-0.05, 0) is 6.07 Å². The highest BCUT2D eigenvalue weighted by molar-refractivity contribution is 6.28. The van der Waals surface area contributed by atoms with Crippen molar-refractivity contribution in [2.75, 3.05) is 14.2 Å². The van der Waals surface area contributed by atoms with Crippen LogP contribution in [0.25, 0.3) is 0 Å². The molecule has 0 amide bonds. The summed E-state index contributed by atoms with van der Waals surface area (Å²) in [5.74, 6) is -2.96. The predicted octanol–water partition coefficient (Wildman–Crippen LogP) is 0.740. The number of nitrogens with zero attached hydrogens (tertiary/aromatic N) is 1. The summed E-state index contributed by atoms with van der Waals surface area (Å²) < 4.78 is 14.3. The summed E-state index contributed by atoms with van der Waals surface area (Å²) in [6, 6.07) is 2.34. The number of carboxylic acid groups (broad SMARTS) is 1. The lowest BCUT2D eigenvalue weighted by molar-refractivity contribution is -0.385. The van der Waals surface area contributed by atoms with E-state index in [9.17, 15) is 19.7 Å². The van der Waals surface area contributed by atoms with Gasteiger partial charge in [-0.2, -0.15) is 0 Å². The van der Waals surface area contributed by atoms with Crippen LogP contribution in [0.15, 0.2) is 12.1 Å². The standard InChI is InChI=1S/C11H11NO8/c1-18-8-3-6(5-20-11(15)10(13)14)7(12(16)17)4-9(8)19-2/h3-4H,5H2,1-2H3,(H,13,14). The maximum atomic E-state index is 10.9. The first-order valence-corrected chi connectivity index (χ1v) is 5.20. The number of aliphatic carboxylic acids is 1. The van der Waals surface area contributed by atoms with E-state index in [0.29, 0.717) is 0 Å². The third-order valence-corrected chi connectivity index (χ3v) is 2.31. The zero-order chi connectivity index (χ0) is 15.3. The van der Waals surface area contributed by atoms with E-state index in [0.717, 1.165) is 6.07 Å². The van der Waals surface area contributed by atoms with Crippen LogP contribution in [0, 0.1) is 10.1 Å². The van der Waals surface area contributed by atoms with Crippen LogP contribution in [0.4, 0.5) is 5.69 Å². The predicted molar refractivity (Wildman–Crippen MR) is 63.6 cm³/mol. The van der Waals surface area contributed by atoms with Crippen LogP contribution < -0.4 is 9.47 Å². The van der Waals surface area contributed by atoms with Crippen molar-refractivity contribution in [3.8, 4) is 11.5 Å². The van der Waals surface area contributed by atoms with Gasteiger partial charge in [-0.3, -0.25) is 10.1 Å². The van der Waals surface area contributed by atoms with E-state index in [4.69, 9.17) is 14.6 Å². The first kappa shape index (κ1) is 15.2. The highest BCUT2D eigenvalue weighted by Gasteiger charge is 2.22. The van der Waals surface area contributed by atoms with Crippen molar-refractivity contribution in [3.63, 3.8) is 0 Å². The number of hydrogen-bond acceptors (Lipinski definition) is 7. The Bertz CT molecular complexity index is 554. The minimum absolute atomic E-state index is 0.0118. The molecule has 0 radical (unpaired) electrons. The van der Waals surface area contributed by atoms with Gasteiger partial charge in [0.1, 0.15) is 6.61 Å². The van der Waals surface area contributed by atoms with E-state index in [1.165, 1.54) is 20.3 Å². The molecule has 1 aromatic rings. The first-order valence-electron chi connectivity index (χ1n) is 5.20. The molecular formula is C11H11NO8. The van der Waals surface area contributed by atoms with Gasteiger partial charge in [0.25, 0.3) is 5.69 Å². The van der Waals surface area contributed by atoms with Gasteiger partial charge in [-0.1, -0.05) is 0 Å². The van der Waals surface area contributed by atoms with Gasteiger partial charge in [0.05, 0.1) is 30.8 Å². The number of carboxylic acids is 1. The SMILES string of the molecule is COc1cc(COC(=O)C(=O)O)c([N+](=O)[O-])cc1OC. The van der Waals surface area contributed by atoms with Crippen molar-refractivity contribution in [1.82, 2.24) is 0 Å². The second-order valence-corrected chi connectivity index (χ2v) is 3.47. The van der Waals surface area contributed by atoms with Crippen molar-refractivity contribution >= 4 is 17.6 Å². The summed E-state index contributed by atoms with van der Waals surface area (Å²) in [6.45, 7) is -0.568. The Morgan fingerprint density at radius 1 is 1.25 bits per heavy atom. The molecular weight excluding hydrogens is 274 g/mol. The van der Waals surface area contributed by atoms with Crippen LogP contribution in [-0.2, 0) is 20.9 Å². The summed E-state index contributed by atoms with van der Waals surface area (Å²) in [5.41, 5.74) is -0.386. The molecule has 0 aromatic heterocycles. The zero-order valence-electron chi connectivity index (χ0n) is 10.6. The molecule has 9 nitrogen and oxygen atoms in total. The van der Waals surface area contributed by atoms with E-state index in [1.54, 1.807) is 0 Å². The summed E-state index contributed by atoms with van der Waals surface area (Å²) in [4.78, 5) is 31.4. The Morgan fingerprint density at radius 2 is 1.80 bits per heavy atom. The highest BCUT2D eigenvalue weighted by atomic mass is 16.6. The van der Waals surface area contributed by atoms with Crippen molar-refractivity contribution in [2.24, 2.45) is 0 Å². The van der Waals surface area contributed by atoms with E-state index >= 15 is 0 Å². The Kier molecular flexibility index (Phi) is 4.84. The third kappa shape index (κ3) is 3.34. The lowest BCUT2D eigenvalue weighted by Gasteiger charge is -2.10. The summed E-state index contributed by atoms with van der Waals surface area (Å²) in [5, 5.41) is 19.3. The van der Waals surface area contributed by atoms with Crippen LogP contribution in [0.5, 0.6) is 11.5 Å². The normalized spacial score (nSPS) is 9.70. The average Bonchev–Trinajstić information content (AvgIpc) is 2.43. The number of ether oxygens (including phenoxy) is 3. The maximum Gasteiger partial charge on any atom is 0.417 e. The lowest BCUT2D eigenvalue weighted by atomic mass is 10.1. The quantitative estimate of drug-likeness (QED) is 0.363. The largest absolute Gasteiger partial charge is 0.493 e. The molecule has 1 rings (SSSR count). The fourth-order valence-corrected chi connectivity index (χ4v) is 1.40. The molecule has 0 saturated heterocycles. The summed E-state index contributed by atoms with van der Waals surface area (Å²) in [6.07, 6.45) is 0. The summed E-state index contributed by atoms with van der Waals surface area (Å²) >= 11 is 0. The average molecular weight is 285 g/mol. The van der Waals surface area contributed by atoms with Gasteiger partial charge >= 0.3 is 11.9 Å². The molecule has 0 fully saturated rings. The monoisotopic (exact) mass is 285 g/mol. The second-order valence-electron chi connectivity index (χ2n) is 3.47. The second kappa shape index (κ2) is 6.36. The molecule has 0 bridgehead atoms. The Labute approximate surface area is 112 Å². The van der Waals surface area contributed by atoms with Gasteiger partial charge in [0, 0.05) is 0 Å². The van der Waals surface area contributed by atoms with E-state index in [-0.39, 0.29) is 22.7 Å². The minimum atomic E-state index is -1.78. The molecule has 0 aliphatic carbocycles. The number of carbonyl (C=O) groups excluding carboxylic acids is 1. The topological polar surface area (TPSA) is 125 Å². The van der Waals surface area contributed by atoms with Crippen molar-refractivity contribution in [1.29, 1.82) is 0 Å². The van der Waals surface area contributed by atoms with Crippen molar-refractivity contribution < 1.29 is 33.8 Å². The van der Waals surface area contributed by atoms with Gasteiger partial charge in [0.15, 0.2) is 11.5 Å².